The highest BCUT2D eigenvalue weighted by Crippen LogP contribution is 2.34. The van der Waals surface area contributed by atoms with Gasteiger partial charge in [0.1, 0.15) is 5.01 Å². The molecule has 4 rings (SSSR count). The van der Waals surface area contributed by atoms with Crippen LogP contribution in [0.5, 0.6) is 0 Å². The molecular weight excluding hydrogens is 336 g/mol. The van der Waals surface area contributed by atoms with Gasteiger partial charge in [0.25, 0.3) is 5.91 Å². The SMILES string of the molecule is O=C(c1cccnc1)N1CCOC[C@]2(CCN(Cc3nccs3)C2)C1. The monoisotopic (exact) mass is 358 g/mol. The van der Waals surface area contributed by atoms with Crippen molar-refractivity contribution in [1.29, 1.82) is 0 Å². The van der Waals surface area contributed by atoms with Gasteiger partial charge in [-0.1, -0.05) is 0 Å². The largest absolute Gasteiger partial charge is 0.379 e. The van der Waals surface area contributed by atoms with Gasteiger partial charge in [0.15, 0.2) is 0 Å². The fraction of sp³-hybridized carbons (Fsp3) is 0.500. The van der Waals surface area contributed by atoms with E-state index < -0.39 is 0 Å². The van der Waals surface area contributed by atoms with E-state index in [2.05, 4.69) is 14.9 Å². The quantitative estimate of drug-likeness (QED) is 0.839. The van der Waals surface area contributed by atoms with Crippen LogP contribution in [0.3, 0.4) is 0 Å². The van der Waals surface area contributed by atoms with Gasteiger partial charge in [-0.05, 0) is 25.1 Å². The molecule has 7 heteroatoms. The lowest BCUT2D eigenvalue weighted by atomic mass is 9.87. The minimum absolute atomic E-state index is 0.0195. The lowest BCUT2D eigenvalue weighted by Crippen LogP contribution is -2.43. The third kappa shape index (κ3) is 3.73. The molecule has 2 aromatic rings. The van der Waals surface area contributed by atoms with E-state index in [4.69, 9.17) is 4.74 Å². The fourth-order valence-corrected chi connectivity index (χ4v) is 4.43. The number of rotatable bonds is 3. The van der Waals surface area contributed by atoms with Crippen LogP contribution in [0.25, 0.3) is 0 Å². The van der Waals surface area contributed by atoms with Crippen LogP contribution in [-0.2, 0) is 11.3 Å². The summed E-state index contributed by atoms with van der Waals surface area (Å²) in [6, 6.07) is 3.64. The van der Waals surface area contributed by atoms with Crippen LogP contribution in [0.1, 0.15) is 21.8 Å². The number of ether oxygens (including phenoxy) is 1. The molecule has 0 bridgehead atoms. The molecule has 1 amide bonds. The van der Waals surface area contributed by atoms with E-state index in [0.717, 1.165) is 44.2 Å². The highest BCUT2D eigenvalue weighted by atomic mass is 32.1. The summed E-state index contributed by atoms with van der Waals surface area (Å²) in [4.78, 5) is 25.7. The first kappa shape index (κ1) is 16.6. The smallest absolute Gasteiger partial charge is 0.255 e. The number of carbonyl (C=O) groups is 1. The lowest BCUT2D eigenvalue weighted by molar-refractivity contribution is 0.0644. The number of hydrogen-bond donors (Lipinski definition) is 0. The Hall–Kier alpha value is -1.83. The van der Waals surface area contributed by atoms with E-state index in [1.165, 1.54) is 0 Å². The van der Waals surface area contributed by atoms with Crippen LogP contribution in [0.4, 0.5) is 0 Å². The second-order valence-corrected chi connectivity index (χ2v) is 7.89. The molecule has 0 saturated carbocycles. The number of aromatic nitrogens is 2. The maximum absolute atomic E-state index is 12.8. The van der Waals surface area contributed by atoms with Crippen LogP contribution in [0.2, 0.25) is 0 Å². The van der Waals surface area contributed by atoms with Gasteiger partial charge in [0.2, 0.25) is 0 Å². The van der Waals surface area contributed by atoms with Crippen LogP contribution in [0, 0.1) is 5.41 Å². The average Bonchev–Trinajstić information content (AvgIpc) is 3.23. The molecule has 0 unspecified atom stereocenters. The van der Waals surface area contributed by atoms with Gasteiger partial charge in [0, 0.05) is 49.0 Å². The minimum Gasteiger partial charge on any atom is -0.379 e. The molecule has 2 aliphatic heterocycles. The summed E-state index contributed by atoms with van der Waals surface area (Å²) < 4.78 is 5.88. The molecule has 2 saturated heterocycles. The van der Waals surface area contributed by atoms with Gasteiger partial charge in [-0.25, -0.2) is 4.98 Å². The summed E-state index contributed by atoms with van der Waals surface area (Å²) in [6.45, 7) is 5.56. The van der Waals surface area contributed by atoms with Crippen molar-refractivity contribution in [3.63, 3.8) is 0 Å². The van der Waals surface area contributed by atoms with Gasteiger partial charge in [0.05, 0.1) is 25.3 Å². The van der Waals surface area contributed by atoms with E-state index >= 15 is 0 Å². The summed E-state index contributed by atoms with van der Waals surface area (Å²) in [5.74, 6) is 0.0522. The molecule has 0 aliphatic carbocycles. The maximum Gasteiger partial charge on any atom is 0.255 e. The average molecular weight is 358 g/mol. The van der Waals surface area contributed by atoms with Crippen molar-refractivity contribution in [3.8, 4) is 0 Å². The molecule has 0 aromatic carbocycles. The number of hydrogen-bond acceptors (Lipinski definition) is 6. The third-order valence-electron chi connectivity index (χ3n) is 5.00. The first-order chi connectivity index (χ1) is 12.2. The zero-order valence-electron chi connectivity index (χ0n) is 14.1. The summed E-state index contributed by atoms with van der Waals surface area (Å²) >= 11 is 1.70. The number of likely N-dealkylation sites (tertiary alicyclic amines) is 1. The topological polar surface area (TPSA) is 58.6 Å². The second-order valence-electron chi connectivity index (χ2n) is 6.91. The van der Waals surface area contributed by atoms with Crippen LogP contribution < -0.4 is 0 Å². The van der Waals surface area contributed by atoms with Crippen molar-refractivity contribution in [2.45, 2.75) is 13.0 Å². The summed E-state index contributed by atoms with van der Waals surface area (Å²) in [5, 5.41) is 3.17. The zero-order chi connectivity index (χ0) is 17.1. The number of carbonyl (C=O) groups excluding carboxylic acids is 1. The predicted molar refractivity (Wildman–Crippen MR) is 95.4 cm³/mol. The Bertz CT molecular complexity index is 709. The van der Waals surface area contributed by atoms with Crippen molar-refractivity contribution in [2.24, 2.45) is 5.41 Å². The molecule has 2 aromatic heterocycles. The molecule has 6 nitrogen and oxygen atoms in total. The van der Waals surface area contributed by atoms with E-state index in [-0.39, 0.29) is 11.3 Å². The van der Waals surface area contributed by atoms with E-state index in [1.807, 2.05) is 28.6 Å². The minimum atomic E-state index is 0.0195. The standard InChI is InChI=1S/C18H22N4O2S/c23-17(15-2-1-4-19-10-15)22-7-8-24-14-18(13-22)3-6-21(12-18)11-16-20-5-9-25-16/h1-2,4-5,9-10H,3,6-8,11-14H2/t18-/m0/s1. The number of nitrogens with zero attached hydrogens (tertiary/aromatic N) is 4. The van der Waals surface area contributed by atoms with Crippen molar-refractivity contribution >= 4 is 17.2 Å². The Morgan fingerprint density at radius 3 is 3.08 bits per heavy atom. The Balaban J connectivity index is 1.46. The third-order valence-corrected chi connectivity index (χ3v) is 5.76. The van der Waals surface area contributed by atoms with Crippen molar-refractivity contribution in [2.75, 3.05) is 39.4 Å². The van der Waals surface area contributed by atoms with Crippen molar-refractivity contribution < 1.29 is 9.53 Å². The predicted octanol–water partition coefficient (Wildman–Crippen LogP) is 1.90. The van der Waals surface area contributed by atoms with Gasteiger partial charge in [-0.2, -0.15) is 0 Å². The molecule has 0 N–H and O–H groups in total. The Kier molecular flexibility index (Phi) is 4.78. The fourth-order valence-electron chi connectivity index (χ4n) is 3.77. The molecule has 0 radical (unpaired) electrons. The molecule has 1 spiro atoms. The molecule has 2 aliphatic rings. The number of pyridine rings is 1. The van der Waals surface area contributed by atoms with Crippen LogP contribution >= 0.6 is 11.3 Å². The molecule has 25 heavy (non-hydrogen) atoms. The Labute approximate surface area is 151 Å². The van der Waals surface area contributed by atoms with Gasteiger partial charge >= 0.3 is 0 Å². The highest BCUT2D eigenvalue weighted by Gasteiger charge is 2.42. The number of amides is 1. The molecular formula is C18H22N4O2S. The first-order valence-corrected chi connectivity index (χ1v) is 9.50. The number of thiazole rings is 1. The second kappa shape index (κ2) is 7.19. The first-order valence-electron chi connectivity index (χ1n) is 8.62. The van der Waals surface area contributed by atoms with E-state index in [9.17, 15) is 4.79 Å². The van der Waals surface area contributed by atoms with Gasteiger partial charge in [-0.3, -0.25) is 14.7 Å². The molecule has 1 atom stereocenters. The van der Waals surface area contributed by atoms with Gasteiger partial charge in [-0.15, -0.1) is 11.3 Å². The summed E-state index contributed by atoms with van der Waals surface area (Å²) in [6.07, 6.45) is 6.24. The summed E-state index contributed by atoms with van der Waals surface area (Å²) in [7, 11) is 0. The molecule has 132 valence electrons. The zero-order valence-corrected chi connectivity index (χ0v) is 15.0. The molecule has 4 heterocycles. The van der Waals surface area contributed by atoms with Crippen LogP contribution in [0.15, 0.2) is 36.1 Å². The van der Waals surface area contributed by atoms with Gasteiger partial charge < -0.3 is 9.64 Å². The lowest BCUT2D eigenvalue weighted by Gasteiger charge is -2.32. The Morgan fingerprint density at radius 2 is 2.28 bits per heavy atom. The van der Waals surface area contributed by atoms with E-state index in [0.29, 0.717) is 18.7 Å². The maximum atomic E-state index is 12.8. The van der Waals surface area contributed by atoms with Crippen molar-refractivity contribution in [1.82, 2.24) is 19.8 Å². The highest BCUT2D eigenvalue weighted by molar-refractivity contribution is 7.09. The normalized spacial score (nSPS) is 24.6. The Morgan fingerprint density at radius 1 is 1.32 bits per heavy atom. The van der Waals surface area contributed by atoms with Crippen LogP contribution in [-0.4, -0.2) is 65.1 Å². The molecule has 2 fully saturated rings. The van der Waals surface area contributed by atoms with Crippen molar-refractivity contribution in [3.05, 3.63) is 46.7 Å². The summed E-state index contributed by atoms with van der Waals surface area (Å²) in [5.41, 5.74) is 0.670. The van der Waals surface area contributed by atoms with E-state index in [1.54, 1.807) is 23.7 Å².